The van der Waals surface area contributed by atoms with Gasteiger partial charge in [0.15, 0.2) is 9.95 Å². The second-order valence-corrected chi connectivity index (χ2v) is 4.20. The molecule has 0 heterocycles. The molecule has 0 saturated carbocycles. The van der Waals surface area contributed by atoms with E-state index in [-0.39, 0.29) is 0 Å². The standard InChI is InChI=1S/C14H12N4/c1-9-7-11(3-5-13(9)17-15)12-4-6-14(18-16)10(2)8-12/h3-8H,1-2H3/q+2. The Kier molecular flexibility index (Phi) is 3.03. The summed E-state index contributed by atoms with van der Waals surface area (Å²) in [6.07, 6.45) is 0. The number of aryl methyl sites for hydroxylation is 2. The predicted octanol–water partition coefficient (Wildman–Crippen LogP) is 4.94. The van der Waals surface area contributed by atoms with E-state index in [0.29, 0.717) is 11.4 Å². The molecule has 0 bridgehead atoms. The lowest BCUT2D eigenvalue weighted by atomic mass is 10.0. The van der Waals surface area contributed by atoms with Crippen molar-refractivity contribution in [1.29, 1.82) is 10.8 Å². The van der Waals surface area contributed by atoms with Gasteiger partial charge in [-0.25, -0.2) is 0 Å². The molecule has 0 N–H and O–H groups in total. The predicted molar refractivity (Wildman–Crippen MR) is 70.8 cm³/mol. The van der Waals surface area contributed by atoms with E-state index in [9.17, 15) is 0 Å². The summed E-state index contributed by atoms with van der Waals surface area (Å²) in [4.78, 5) is 6.40. The maximum atomic E-state index is 8.78. The van der Waals surface area contributed by atoms with Crippen LogP contribution in [0.15, 0.2) is 36.4 Å². The molecule has 2 aromatic carbocycles. The van der Waals surface area contributed by atoms with E-state index in [1.54, 1.807) is 12.1 Å². The monoisotopic (exact) mass is 236 g/mol. The van der Waals surface area contributed by atoms with Crippen LogP contribution in [0.1, 0.15) is 11.1 Å². The zero-order valence-corrected chi connectivity index (χ0v) is 10.3. The normalized spacial score (nSPS) is 9.56. The Hall–Kier alpha value is -2.72. The first-order valence-corrected chi connectivity index (χ1v) is 5.57. The van der Waals surface area contributed by atoms with Gasteiger partial charge in [-0.1, -0.05) is 0 Å². The lowest BCUT2D eigenvalue weighted by molar-refractivity contribution is 1.40. The van der Waals surface area contributed by atoms with Crippen LogP contribution in [0, 0.1) is 24.6 Å². The van der Waals surface area contributed by atoms with Crippen LogP contribution in [0.25, 0.3) is 21.1 Å². The van der Waals surface area contributed by atoms with Crippen molar-refractivity contribution in [3.8, 4) is 11.1 Å². The molecule has 0 atom stereocenters. The molecule has 18 heavy (non-hydrogen) atoms. The molecule has 4 nitrogen and oxygen atoms in total. The van der Waals surface area contributed by atoms with Crippen molar-refractivity contribution < 1.29 is 0 Å². The van der Waals surface area contributed by atoms with Gasteiger partial charge in [-0.2, -0.15) is 0 Å². The van der Waals surface area contributed by atoms with Gasteiger partial charge < -0.3 is 0 Å². The lowest BCUT2D eigenvalue weighted by Gasteiger charge is -2.01. The fourth-order valence-corrected chi connectivity index (χ4v) is 1.89. The van der Waals surface area contributed by atoms with Crippen LogP contribution in [-0.2, 0) is 0 Å². The summed E-state index contributed by atoms with van der Waals surface area (Å²) in [7, 11) is 0. The second-order valence-electron chi connectivity index (χ2n) is 4.20. The molecule has 4 heteroatoms. The minimum absolute atomic E-state index is 0.567. The first-order chi connectivity index (χ1) is 8.65. The van der Waals surface area contributed by atoms with E-state index in [0.717, 1.165) is 22.3 Å². The summed E-state index contributed by atoms with van der Waals surface area (Å²) in [6, 6.07) is 11.2. The third kappa shape index (κ3) is 2.05. The van der Waals surface area contributed by atoms with E-state index >= 15 is 0 Å². The Morgan fingerprint density at radius 3 is 1.39 bits per heavy atom. The van der Waals surface area contributed by atoms with Crippen LogP contribution in [0.3, 0.4) is 0 Å². The molecule has 0 saturated heterocycles. The molecule has 86 valence electrons. The fourth-order valence-electron chi connectivity index (χ4n) is 1.89. The van der Waals surface area contributed by atoms with Crippen LogP contribution >= 0.6 is 0 Å². The van der Waals surface area contributed by atoms with Crippen LogP contribution in [0.5, 0.6) is 0 Å². The van der Waals surface area contributed by atoms with Gasteiger partial charge in [0.1, 0.15) is 0 Å². The van der Waals surface area contributed by atoms with Gasteiger partial charge in [0.05, 0.1) is 0 Å². The highest BCUT2D eigenvalue weighted by atomic mass is 14.9. The van der Waals surface area contributed by atoms with E-state index in [1.165, 1.54) is 0 Å². The molecular formula is C14H12N4+2. The minimum Gasteiger partial charge on any atom is -0.0463 e. The highest BCUT2D eigenvalue weighted by Crippen LogP contribution is 2.29. The molecule has 2 aromatic rings. The summed E-state index contributed by atoms with van der Waals surface area (Å²) < 4.78 is 0. The van der Waals surface area contributed by atoms with Crippen molar-refractivity contribution in [2.45, 2.75) is 13.8 Å². The SMILES string of the molecule is Cc1cc(-c2ccc([N+]#N)c(C)c2)ccc1[N+]#N. The van der Waals surface area contributed by atoms with E-state index < -0.39 is 0 Å². The maximum absolute atomic E-state index is 8.78. The Bertz CT molecular complexity index is 628. The first kappa shape index (κ1) is 11.8. The average Bonchev–Trinajstić information content (AvgIpc) is 2.38. The van der Waals surface area contributed by atoms with Gasteiger partial charge in [-0.05, 0) is 49.2 Å². The van der Waals surface area contributed by atoms with Crippen molar-refractivity contribution in [3.63, 3.8) is 0 Å². The number of hydrogen-bond donors (Lipinski definition) is 0. The zero-order chi connectivity index (χ0) is 13.1. The number of hydrogen-bond acceptors (Lipinski definition) is 2. The molecule has 0 aliphatic rings. The molecule has 0 unspecified atom stereocenters. The third-order valence-corrected chi connectivity index (χ3v) is 2.94. The smallest absolute Gasteiger partial charge is 0.0463 e. The highest BCUT2D eigenvalue weighted by Gasteiger charge is 2.13. The van der Waals surface area contributed by atoms with Gasteiger partial charge in [-0.15, -0.1) is 0 Å². The van der Waals surface area contributed by atoms with E-state index in [4.69, 9.17) is 10.8 Å². The molecule has 0 radical (unpaired) electrons. The highest BCUT2D eigenvalue weighted by molar-refractivity contribution is 5.71. The lowest BCUT2D eigenvalue weighted by Crippen LogP contribution is -1.82. The molecular weight excluding hydrogens is 224 g/mol. The second kappa shape index (κ2) is 4.65. The first-order valence-electron chi connectivity index (χ1n) is 5.57. The van der Waals surface area contributed by atoms with Gasteiger partial charge in [0, 0.05) is 23.3 Å². The topological polar surface area (TPSA) is 56.3 Å². The summed E-state index contributed by atoms with van der Waals surface area (Å²) in [5.74, 6) is 0. The Balaban J connectivity index is 2.51. The van der Waals surface area contributed by atoms with Gasteiger partial charge in [0.2, 0.25) is 10.8 Å². The van der Waals surface area contributed by atoms with Crippen molar-refractivity contribution in [1.82, 2.24) is 0 Å². The van der Waals surface area contributed by atoms with E-state index in [1.807, 2.05) is 38.1 Å². The van der Waals surface area contributed by atoms with Crippen LogP contribution in [0.4, 0.5) is 11.4 Å². The summed E-state index contributed by atoms with van der Waals surface area (Å²) in [5, 5.41) is 17.6. The van der Waals surface area contributed by atoms with Crippen molar-refractivity contribution in [2.24, 2.45) is 0 Å². The maximum Gasteiger partial charge on any atom is 0.387 e. The number of nitrogens with zero attached hydrogens (tertiary/aromatic N) is 4. The van der Waals surface area contributed by atoms with Crippen LogP contribution < -0.4 is 0 Å². The fraction of sp³-hybridized carbons (Fsp3) is 0.143. The molecule has 0 aliphatic heterocycles. The average molecular weight is 236 g/mol. The number of benzene rings is 2. The molecule has 0 spiro atoms. The molecule has 0 amide bonds. The molecule has 0 aromatic heterocycles. The number of rotatable bonds is 1. The van der Waals surface area contributed by atoms with E-state index in [2.05, 4.69) is 9.95 Å². The van der Waals surface area contributed by atoms with Gasteiger partial charge in [0.25, 0.3) is 0 Å². The summed E-state index contributed by atoms with van der Waals surface area (Å²) in [6.45, 7) is 3.78. The summed E-state index contributed by atoms with van der Waals surface area (Å²) >= 11 is 0. The van der Waals surface area contributed by atoms with Crippen LogP contribution in [-0.4, -0.2) is 0 Å². The van der Waals surface area contributed by atoms with Gasteiger partial charge in [-0.3, -0.25) is 0 Å². The summed E-state index contributed by atoms with van der Waals surface area (Å²) in [5.41, 5.74) is 5.02. The quantitative estimate of drug-likeness (QED) is 0.658. The largest absolute Gasteiger partial charge is 0.387 e. The zero-order valence-electron chi connectivity index (χ0n) is 10.3. The minimum atomic E-state index is 0.567. The third-order valence-electron chi connectivity index (χ3n) is 2.94. The Morgan fingerprint density at radius 2 is 1.11 bits per heavy atom. The Labute approximate surface area is 105 Å². The molecule has 0 aliphatic carbocycles. The van der Waals surface area contributed by atoms with Crippen molar-refractivity contribution in [2.75, 3.05) is 0 Å². The Morgan fingerprint density at radius 1 is 0.722 bits per heavy atom. The van der Waals surface area contributed by atoms with Crippen molar-refractivity contribution >= 4 is 11.4 Å². The van der Waals surface area contributed by atoms with Crippen LogP contribution in [0.2, 0.25) is 0 Å². The van der Waals surface area contributed by atoms with Crippen molar-refractivity contribution in [3.05, 3.63) is 57.5 Å². The van der Waals surface area contributed by atoms with Gasteiger partial charge >= 0.3 is 11.4 Å². The number of diazo groups is 2. The molecule has 0 fully saturated rings. The molecule has 2 rings (SSSR count).